The minimum absolute atomic E-state index is 0.0632. The first kappa shape index (κ1) is 14.0. The number of esters is 1. The van der Waals surface area contributed by atoms with Crippen LogP contribution in [0.5, 0.6) is 0 Å². The number of rotatable bonds is 4. The van der Waals surface area contributed by atoms with Crippen LogP contribution in [0, 0.1) is 23.7 Å². The molecule has 4 aliphatic rings. The Bertz CT molecular complexity index is 561. The molecular formula is C20H24O2. The van der Waals surface area contributed by atoms with Gasteiger partial charge in [0.15, 0.2) is 0 Å². The third kappa shape index (κ3) is 2.49. The lowest BCUT2D eigenvalue weighted by Gasteiger charge is -2.53. The predicted octanol–water partition coefficient (Wildman–Crippen LogP) is 4.24. The van der Waals surface area contributed by atoms with Crippen LogP contribution in [0.2, 0.25) is 0 Å². The number of carbonyl (C=O) groups is 1. The summed E-state index contributed by atoms with van der Waals surface area (Å²) in [4.78, 5) is 12.4. The molecule has 0 radical (unpaired) electrons. The predicted molar refractivity (Wildman–Crippen MR) is 87.2 cm³/mol. The first-order valence-electron chi connectivity index (χ1n) is 8.62. The second kappa shape index (κ2) is 5.57. The van der Waals surface area contributed by atoms with Crippen molar-refractivity contribution < 1.29 is 9.53 Å². The number of ether oxygens (including phenoxy) is 1. The third-order valence-electron chi connectivity index (χ3n) is 6.02. The van der Waals surface area contributed by atoms with Gasteiger partial charge in [-0.3, -0.25) is 4.79 Å². The van der Waals surface area contributed by atoms with Crippen molar-refractivity contribution in [3.8, 4) is 0 Å². The molecule has 0 amide bonds. The fourth-order valence-electron chi connectivity index (χ4n) is 5.31. The second-order valence-electron chi connectivity index (χ2n) is 7.46. The fourth-order valence-corrected chi connectivity index (χ4v) is 5.31. The van der Waals surface area contributed by atoms with Crippen molar-refractivity contribution in [2.75, 3.05) is 0 Å². The Morgan fingerprint density at radius 2 is 1.73 bits per heavy atom. The molecule has 5 rings (SSSR count). The Kier molecular flexibility index (Phi) is 3.56. The summed E-state index contributed by atoms with van der Waals surface area (Å²) in [5, 5.41) is 0. The van der Waals surface area contributed by atoms with Crippen LogP contribution in [-0.4, -0.2) is 12.1 Å². The average Bonchev–Trinajstić information content (AvgIpc) is 2.51. The number of hydrogen-bond acceptors (Lipinski definition) is 2. The van der Waals surface area contributed by atoms with Crippen LogP contribution < -0.4 is 0 Å². The van der Waals surface area contributed by atoms with Crippen LogP contribution >= 0.6 is 0 Å². The molecule has 2 heteroatoms. The molecule has 1 aromatic rings. The summed E-state index contributed by atoms with van der Waals surface area (Å²) >= 11 is 0. The van der Waals surface area contributed by atoms with E-state index in [-0.39, 0.29) is 12.1 Å². The summed E-state index contributed by atoms with van der Waals surface area (Å²) < 4.78 is 5.96. The van der Waals surface area contributed by atoms with Gasteiger partial charge in [0, 0.05) is 0 Å². The maximum atomic E-state index is 12.4. The second-order valence-corrected chi connectivity index (χ2v) is 7.46. The van der Waals surface area contributed by atoms with E-state index in [0.717, 1.165) is 23.0 Å². The maximum Gasteiger partial charge on any atom is 0.310 e. The molecule has 0 spiro atoms. The molecular weight excluding hydrogens is 272 g/mol. The molecule has 0 atom stereocenters. The van der Waals surface area contributed by atoms with E-state index in [9.17, 15) is 4.79 Å². The van der Waals surface area contributed by atoms with Gasteiger partial charge in [0.25, 0.3) is 0 Å². The Hall–Kier alpha value is -1.57. The van der Waals surface area contributed by atoms with Crippen molar-refractivity contribution in [1.82, 2.24) is 0 Å². The summed E-state index contributed by atoms with van der Waals surface area (Å²) in [5.74, 6) is 3.04. The highest BCUT2D eigenvalue weighted by Gasteiger charge is 2.49. The van der Waals surface area contributed by atoms with Gasteiger partial charge in [-0.15, -0.1) is 0 Å². The summed E-state index contributed by atoms with van der Waals surface area (Å²) in [6.07, 6.45) is 8.94. The van der Waals surface area contributed by atoms with Crippen LogP contribution in [0.3, 0.4) is 0 Å². The first-order valence-corrected chi connectivity index (χ1v) is 8.62. The van der Waals surface area contributed by atoms with Crippen molar-refractivity contribution >= 4 is 12.0 Å². The van der Waals surface area contributed by atoms with E-state index >= 15 is 0 Å². The molecule has 4 fully saturated rings. The van der Waals surface area contributed by atoms with E-state index in [0.29, 0.717) is 18.3 Å². The average molecular weight is 296 g/mol. The lowest BCUT2D eigenvalue weighted by Crippen LogP contribution is -2.50. The molecule has 0 saturated heterocycles. The van der Waals surface area contributed by atoms with Gasteiger partial charge >= 0.3 is 5.97 Å². The minimum atomic E-state index is -0.0632. The van der Waals surface area contributed by atoms with E-state index in [1.165, 1.54) is 32.1 Å². The number of carbonyl (C=O) groups excluding carboxylic acids is 1. The van der Waals surface area contributed by atoms with Crippen LogP contribution in [0.15, 0.2) is 30.8 Å². The zero-order valence-corrected chi connectivity index (χ0v) is 13.0. The Morgan fingerprint density at radius 1 is 1.09 bits per heavy atom. The SMILES string of the molecule is C=Cc1ccccc1CC(=O)OC1C2CC3CC(C2)CC1C3. The van der Waals surface area contributed by atoms with Crippen LogP contribution in [0.4, 0.5) is 0 Å². The number of hydrogen-bond donors (Lipinski definition) is 0. The van der Waals surface area contributed by atoms with Crippen molar-refractivity contribution in [2.24, 2.45) is 23.7 Å². The van der Waals surface area contributed by atoms with Gasteiger partial charge in [-0.25, -0.2) is 0 Å². The normalized spacial score (nSPS) is 35.4. The fraction of sp³-hybridized carbons (Fsp3) is 0.550. The molecule has 4 bridgehead atoms. The molecule has 1 aromatic carbocycles. The van der Waals surface area contributed by atoms with E-state index in [4.69, 9.17) is 4.74 Å². The van der Waals surface area contributed by atoms with Gasteiger partial charge < -0.3 is 4.74 Å². The Balaban J connectivity index is 1.43. The summed E-state index contributed by atoms with van der Waals surface area (Å²) in [6.45, 7) is 3.82. The first-order chi connectivity index (χ1) is 10.7. The van der Waals surface area contributed by atoms with E-state index in [1.54, 1.807) is 0 Å². The lowest BCUT2D eigenvalue weighted by atomic mass is 9.55. The van der Waals surface area contributed by atoms with Gasteiger partial charge in [-0.05, 0) is 66.9 Å². The standard InChI is InChI=1S/C20H24O2/c1-2-15-5-3-4-6-16(15)12-19(21)22-20-17-8-13-7-14(10-17)11-18(20)9-13/h2-6,13-14,17-18,20H,1,7-12H2. The molecule has 22 heavy (non-hydrogen) atoms. The highest BCUT2D eigenvalue weighted by atomic mass is 16.5. The zero-order chi connectivity index (χ0) is 15.1. The molecule has 4 saturated carbocycles. The summed E-state index contributed by atoms with van der Waals surface area (Å²) in [6, 6.07) is 7.94. The molecule has 4 aliphatic carbocycles. The number of benzene rings is 1. The van der Waals surface area contributed by atoms with Crippen molar-refractivity contribution in [1.29, 1.82) is 0 Å². The van der Waals surface area contributed by atoms with Crippen molar-refractivity contribution in [3.63, 3.8) is 0 Å². The smallest absolute Gasteiger partial charge is 0.310 e. The lowest BCUT2D eigenvalue weighted by molar-refractivity contribution is -0.169. The van der Waals surface area contributed by atoms with Crippen LogP contribution in [0.25, 0.3) is 6.08 Å². The van der Waals surface area contributed by atoms with Gasteiger partial charge in [-0.2, -0.15) is 0 Å². The van der Waals surface area contributed by atoms with Gasteiger partial charge in [0.2, 0.25) is 0 Å². The zero-order valence-electron chi connectivity index (χ0n) is 13.0. The van der Waals surface area contributed by atoms with Crippen molar-refractivity contribution in [3.05, 3.63) is 42.0 Å². The molecule has 116 valence electrons. The van der Waals surface area contributed by atoms with Gasteiger partial charge in [-0.1, -0.05) is 36.9 Å². The summed E-state index contributed by atoms with van der Waals surface area (Å²) in [5.41, 5.74) is 2.05. The topological polar surface area (TPSA) is 26.3 Å². The largest absolute Gasteiger partial charge is 0.462 e. The van der Waals surface area contributed by atoms with E-state index in [2.05, 4.69) is 6.58 Å². The van der Waals surface area contributed by atoms with Crippen LogP contribution in [-0.2, 0) is 16.0 Å². The molecule has 0 aromatic heterocycles. The minimum Gasteiger partial charge on any atom is -0.462 e. The molecule has 0 aliphatic heterocycles. The Morgan fingerprint density at radius 3 is 2.36 bits per heavy atom. The monoisotopic (exact) mass is 296 g/mol. The quantitative estimate of drug-likeness (QED) is 0.777. The molecule has 2 nitrogen and oxygen atoms in total. The van der Waals surface area contributed by atoms with Gasteiger partial charge in [0.05, 0.1) is 6.42 Å². The maximum absolute atomic E-state index is 12.4. The highest BCUT2D eigenvalue weighted by molar-refractivity contribution is 5.74. The van der Waals surface area contributed by atoms with E-state index in [1.807, 2.05) is 30.3 Å². The Labute approximate surface area is 132 Å². The summed E-state index contributed by atoms with van der Waals surface area (Å²) in [7, 11) is 0. The van der Waals surface area contributed by atoms with Gasteiger partial charge in [0.1, 0.15) is 6.10 Å². The molecule has 0 heterocycles. The van der Waals surface area contributed by atoms with E-state index < -0.39 is 0 Å². The third-order valence-corrected chi connectivity index (χ3v) is 6.02. The van der Waals surface area contributed by atoms with Crippen LogP contribution in [0.1, 0.15) is 43.2 Å². The molecule has 0 N–H and O–H groups in total. The molecule has 0 unspecified atom stereocenters. The van der Waals surface area contributed by atoms with Crippen molar-refractivity contribution in [2.45, 2.75) is 44.6 Å². The highest BCUT2D eigenvalue weighted by Crippen LogP contribution is 2.54.